The van der Waals surface area contributed by atoms with Gasteiger partial charge in [0.15, 0.2) is 6.10 Å². The van der Waals surface area contributed by atoms with E-state index in [1.54, 1.807) is 0 Å². The van der Waals surface area contributed by atoms with Gasteiger partial charge < -0.3 is 14.2 Å². The molecule has 0 radical (unpaired) electrons. The molecule has 0 N–H and O–H groups in total. The number of allylic oxidation sites excluding steroid dienone is 10. The van der Waals surface area contributed by atoms with Gasteiger partial charge in [0.05, 0.1) is 0 Å². The first kappa shape index (κ1) is 56.1. The largest absolute Gasteiger partial charge is 0.462 e. The molecule has 0 fully saturated rings. The molecule has 0 saturated carbocycles. The number of carbonyl (C=O) groups excluding carboxylic acids is 3. The van der Waals surface area contributed by atoms with Crippen molar-refractivity contribution in [2.24, 2.45) is 0 Å². The van der Waals surface area contributed by atoms with Gasteiger partial charge in [-0.05, 0) is 83.5 Å². The first-order valence-corrected chi connectivity index (χ1v) is 24.8. The van der Waals surface area contributed by atoms with E-state index in [1.807, 2.05) is 0 Å². The van der Waals surface area contributed by atoms with Gasteiger partial charge in [-0.1, -0.05) is 197 Å². The van der Waals surface area contributed by atoms with Gasteiger partial charge in [-0.2, -0.15) is 0 Å². The van der Waals surface area contributed by atoms with E-state index < -0.39 is 6.10 Å². The van der Waals surface area contributed by atoms with Crippen molar-refractivity contribution in [1.82, 2.24) is 0 Å². The maximum atomic E-state index is 12.8. The average Bonchev–Trinajstić information content (AvgIpc) is 3.23. The molecule has 0 aliphatic carbocycles. The molecule has 0 aromatic carbocycles. The number of carbonyl (C=O) groups is 3. The summed E-state index contributed by atoms with van der Waals surface area (Å²) in [4.78, 5) is 37.8. The van der Waals surface area contributed by atoms with Crippen LogP contribution in [0.4, 0.5) is 0 Å². The van der Waals surface area contributed by atoms with Crippen molar-refractivity contribution in [1.29, 1.82) is 0 Å². The molecule has 6 nitrogen and oxygen atoms in total. The van der Waals surface area contributed by atoms with Crippen molar-refractivity contribution in [3.8, 4) is 0 Å². The predicted octanol–water partition coefficient (Wildman–Crippen LogP) is 16.1. The number of ether oxygens (including phenoxy) is 3. The second-order valence-corrected chi connectivity index (χ2v) is 16.4. The predicted molar refractivity (Wildman–Crippen MR) is 251 cm³/mol. The minimum Gasteiger partial charge on any atom is -0.462 e. The molecule has 1 atom stereocenters. The summed E-state index contributed by atoms with van der Waals surface area (Å²) in [6.45, 7) is 6.43. The number of hydrogen-bond donors (Lipinski definition) is 0. The monoisotopic (exact) mass is 825 g/mol. The molecule has 59 heavy (non-hydrogen) atoms. The Bertz CT molecular complexity index is 1090. The molecule has 0 saturated heterocycles. The molecule has 0 heterocycles. The first-order chi connectivity index (χ1) is 29.0. The standard InChI is InChI=1S/C53H92O6/c1-4-7-10-13-16-19-22-24-26-28-29-31-34-37-40-43-46-52(55)58-49-50(48-57-51(54)45-42-39-36-33-21-18-15-12-9-6-3)59-53(56)47-44-41-38-35-32-30-27-25-23-20-17-14-11-8-5-2/h8,11,14-15,17-18,20,23,26,28,50H,4-7,9-10,12-13,16,19,21-22,24-25,27,29-49H2,1-3H3/b11-8-,17-14-,18-15-,23-20-,28-26-. The quantitative estimate of drug-likeness (QED) is 0.0200. The van der Waals surface area contributed by atoms with Crippen LogP contribution in [0.25, 0.3) is 0 Å². The molecule has 0 amide bonds. The van der Waals surface area contributed by atoms with E-state index in [4.69, 9.17) is 14.2 Å². The Morgan fingerprint density at radius 2 is 0.695 bits per heavy atom. The summed E-state index contributed by atoms with van der Waals surface area (Å²) in [5, 5.41) is 0. The second-order valence-electron chi connectivity index (χ2n) is 16.4. The summed E-state index contributed by atoms with van der Waals surface area (Å²) >= 11 is 0. The summed E-state index contributed by atoms with van der Waals surface area (Å²) < 4.78 is 16.7. The third kappa shape index (κ3) is 46.0. The van der Waals surface area contributed by atoms with Gasteiger partial charge in [0.25, 0.3) is 0 Å². The maximum Gasteiger partial charge on any atom is 0.306 e. The van der Waals surface area contributed by atoms with Gasteiger partial charge in [-0.25, -0.2) is 0 Å². The molecule has 0 aliphatic rings. The zero-order valence-electron chi connectivity index (χ0n) is 38.8. The molecule has 1 unspecified atom stereocenters. The summed E-state index contributed by atoms with van der Waals surface area (Å²) in [5.41, 5.74) is 0. The zero-order valence-corrected chi connectivity index (χ0v) is 38.8. The second kappa shape index (κ2) is 47.8. The Labute approximate surface area is 364 Å². The molecule has 6 heteroatoms. The highest BCUT2D eigenvalue weighted by Gasteiger charge is 2.19. The molecule has 0 bridgehead atoms. The van der Waals surface area contributed by atoms with Crippen molar-refractivity contribution < 1.29 is 28.6 Å². The Hall–Kier alpha value is -2.89. The first-order valence-electron chi connectivity index (χ1n) is 24.8. The topological polar surface area (TPSA) is 78.9 Å². The van der Waals surface area contributed by atoms with Crippen LogP contribution in [0, 0.1) is 0 Å². The van der Waals surface area contributed by atoms with Crippen molar-refractivity contribution in [3.05, 3.63) is 60.8 Å². The Morgan fingerprint density at radius 1 is 0.356 bits per heavy atom. The molecule has 0 aromatic heterocycles. The number of esters is 3. The van der Waals surface area contributed by atoms with Crippen molar-refractivity contribution >= 4 is 17.9 Å². The van der Waals surface area contributed by atoms with Crippen LogP contribution in [0.5, 0.6) is 0 Å². The van der Waals surface area contributed by atoms with Gasteiger partial charge in [0.2, 0.25) is 0 Å². The van der Waals surface area contributed by atoms with E-state index in [0.29, 0.717) is 19.3 Å². The summed E-state index contributed by atoms with van der Waals surface area (Å²) in [6.07, 6.45) is 57.7. The Balaban J connectivity index is 4.39. The highest BCUT2D eigenvalue weighted by Crippen LogP contribution is 2.14. The summed E-state index contributed by atoms with van der Waals surface area (Å²) in [5.74, 6) is -0.920. The summed E-state index contributed by atoms with van der Waals surface area (Å²) in [6, 6.07) is 0. The normalized spacial score (nSPS) is 12.5. The number of unbranched alkanes of at least 4 members (excludes halogenated alkanes) is 25. The van der Waals surface area contributed by atoms with Crippen LogP contribution < -0.4 is 0 Å². The van der Waals surface area contributed by atoms with E-state index in [9.17, 15) is 14.4 Å². The molecular formula is C53H92O6. The van der Waals surface area contributed by atoms with Gasteiger partial charge in [0.1, 0.15) is 13.2 Å². The van der Waals surface area contributed by atoms with Gasteiger partial charge in [-0.3, -0.25) is 14.4 Å². The van der Waals surface area contributed by atoms with Gasteiger partial charge >= 0.3 is 17.9 Å². The van der Waals surface area contributed by atoms with Crippen LogP contribution in [0.2, 0.25) is 0 Å². The number of rotatable bonds is 44. The van der Waals surface area contributed by atoms with Crippen molar-refractivity contribution in [2.45, 2.75) is 245 Å². The van der Waals surface area contributed by atoms with E-state index in [1.165, 1.54) is 103 Å². The van der Waals surface area contributed by atoms with E-state index in [0.717, 1.165) is 96.3 Å². The molecule has 0 aromatic rings. The highest BCUT2D eigenvalue weighted by molar-refractivity contribution is 5.71. The lowest BCUT2D eigenvalue weighted by atomic mass is 10.1. The lowest BCUT2D eigenvalue weighted by Gasteiger charge is -2.18. The fourth-order valence-electron chi connectivity index (χ4n) is 6.77. The van der Waals surface area contributed by atoms with Gasteiger partial charge in [0, 0.05) is 19.3 Å². The lowest BCUT2D eigenvalue weighted by molar-refractivity contribution is -0.167. The van der Waals surface area contributed by atoms with Gasteiger partial charge in [-0.15, -0.1) is 0 Å². The molecule has 0 aliphatic heterocycles. The van der Waals surface area contributed by atoms with E-state index in [-0.39, 0.29) is 31.1 Å². The van der Waals surface area contributed by atoms with Crippen LogP contribution in [0.1, 0.15) is 239 Å². The minimum atomic E-state index is -0.786. The minimum absolute atomic E-state index is 0.0871. The third-order valence-electron chi connectivity index (χ3n) is 10.5. The Kier molecular flexibility index (Phi) is 45.4. The average molecular weight is 825 g/mol. The molecule has 0 spiro atoms. The lowest BCUT2D eigenvalue weighted by Crippen LogP contribution is -2.30. The molecule has 340 valence electrons. The van der Waals surface area contributed by atoms with E-state index in [2.05, 4.69) is 81.5 Å². The number of hydrogen-bond acceptors (Lipinski definition) is 6. The highest BCUT2D eigenvalue weighted by atomic mass is 16.6. The van der Waals surface area contributed by atoms with Crippen LogP contribution in [-0.4, -0.2) is 37.2 Å². The van der Waals surface area contributed by atoms with Crippen LogP contribution in [0.3, 0.4) is 0 Å². The SMILES string of the molecule is CC\C=C/C=C\C=C/CCCCCCCCCC(=O)OC(COC(=O)CCCCCC/C=C\CCCC)COC(=O)CCCCCCC/C=C\CCCCCCCCC. The smallest absolute Gasteiger partial charge is 0.306 e. The molecule has 0 rings (SSSR count). The van der Waals surface area contributed by atoms with Crippen LogP contribution in [0.15, 0.2) is 60.8 Å². The fourth-order valence-corrected chi connectivity index (χ4v) is 6.77. The van der Waals surface area contributed by atoms with Crippen LogP contribution in [-0.2, 0) is 28.6 Å². The zero-order chi connectivity index (χ0) is 43.0. The van der Waals surface area contributed by atoms with Crippen LogP contribution >= 0.6 is 0 Å². The van der Waals surface area contributed by atoms with E-state index >= 15 is 0 Å². The summed E-state index contributed by atoms with van der Waals surface area (Å²) in [7, 11) is 0. The fraction of sp³-hybridized carbons (Fsp3) is 0.755. The van der Waals surface area contributed by atoms with Crippen molar-refractivity contribution in [3.63, 3.8) is 0 Å². The Morgan fingerprint density at radius 3 is 1.12 bits per heavy atom. The third-order valence-corrected chi connectivity index (χ3v) is 10.5. The molecular weight excluding hydrogens is 733 g/mol. The van der Waals surface area contributed by atoms with Crippen molar-refractivity contribution in [2.75, 3.05) is 13.2 Å². The maximum absolute atomic E-state index is 12.8.